The van der Waals surface area contributed by atoms with Crippen LogP contribution >= 0.6 is 11.8 Å². The zero-order valence-corrected chi connectivity index (χ0v) is 20.7. The molecule has 4 aromatic carbocycles. The quantitative estimate of drug-likeness (QED) is 0.195. The molecule has 0 aliphatic heterocycles. The summed E-state index contributed by atoms with van der Waals surface area (Å²) in [6, 6.07) is 34.1. The van der Waals surface area contributed by atoms with Crippen molar-refractivity contribution in [1.29, 1.82) is 0 Å². The van der Waals surface area contributed by atoms with E-state index in [-0.39, 0.29) is 18.4 Å². The average Bonchev–Trinajstić information content (AvgIpc) is 3.40. The molecular formula is C30H25N3O3S. The molecule has 7 heteroatoms. The first-order valence-corrected chi connectivity index (χ1v) is 12.7. The lowest BCUT2D eigenvalue weighted by atomic mass is 10.1. The Hall–Kier alpha value is -4.49. The van der Waals surface area contributed by atoms with Crippen molar-refractivity contribution in [3.05, 3.63) is 121 Å². The van der Waals surface area contributed by atoms with Gasteiger partial charge in [0.15, 0.2) is 6.61 Å². The van der Waals surface area contributed by atoms with E-state index >= 15 is 0 Å². The lowest BCUT2D eigenvalue weighted by Gasteiger charge is -2.18. The van der Waals surface area contributed by atoms with Crippen LogP contribution in [0.2, 0.25) is 0 Å². The summed E-state index contributed by atoms with van der Waals surface area (Å²) in [6.07, 6.45) is 1.87. The molecule has 1 aromatic heterocycles. The number of amides is 2. The van der Waals surface area contributed by atoms with Gasteiger partial charge in [0.2, 0.25) is 5.91 Å². The first-order valence-electron chi connectivity index (χ1n) is 11.8. The van der Waals surface area contributed by atoms with Crippen LogP contribution in [0.15, 0.2) is 120 Å². The van der Waals surface area contributed by atoms with Gasteiger partial charge in [0, 0.05) is 28.0 Å². The highest BCUT2D eigenvalue weighted by molar-refractivity contribution is 8.00. The minimum atomic E-state index is -0.493. The number of anilines is 2. The minimum absolute atomic E-state index is 0.0956. The molecular weight excluding hydrogens is 482 g/mol. The molecule has 0 spiro atoms. The molecule has 3 N–H and O–H groups in total. The number of hydrogen-bond donors (Lipinski definition) is 3. The van der Waals surface area contributed by atoms with Gasteiger partial charge in [-0.1, -0.05) is 60.7 Å². The van der Waals surface area contributed by atoms with Crippen molar-refractivity contribution in [2.75, 3.05) is 17.2 Å². The van der Waals surface area contributed by atoms with E-state index in [1.54, 1.807) is 12.1 Å². The Kier molecular flexibility index (Phi) is 7.52. The van der Waals surface area contributed by atoms with Crippen molar-refractivity contribution in [2.24, 2.45) is 0 Å². The summed E-state index contributed by atoms with van der Waals surface area (Å²) < 4.78 is 5.53. The van der Waals surface area contributed by atoms with Gasteiger partial charge in [-0.3, -0.25) is 9.59 Å². The van der Waals surface area contributed by atoms with Gasteiger partial charge in [-0.05, 0) is 59.5 Å². The Morgan fingerprint density at radius 3 is 2.35 bits per heavy atom. The van der Waals surface area contributed by atoms with E-state index in [4.69, 9.17) is 4.74 Å². The maximum Gasteiger partial charge on any atom is 0.262 e. The molecule has 0 aliphatic rings. The fourth-order valence-electron chi connectivity index (χ4n) is 3.88. The molecule has 37 heavy (non-hydrogen) atoms. The monoisotopic (exact) mass is 507 g/mol. The predicted molar refractivity (Wildman–Crippen MR) is 149 cm³/mol. The summed E-state index contributed by atoms with van der Waals surface area (Å²) >= 11 is 1.42. The van der Waals surface area contributed by atoms with Crippen LogP contribution in [-0.2, 0) is 9.59 Å². The number of benzene rings is 4. The van der Waals surface area contributed by atoms with Crippen molar-refractivity contribution in [2.45, 2.75) is 10.1 Å². The number of H-pyrrole nitrogens is 1. The highest BCUT2D eigenvalue weighted by Gasteiger charge is 2.22. The zero-order valence-electron chi connectivity index (χ0n) is 19.9. The molecule has 1 unspecified atom stereocenters. The highest BCUT2D eigenvalue weighted by Crippen LogP contribution is 2.37. The molecule has 0 fully saturated rings. The number of rotatable bonds is 9. The van der Waals surface area contributed by atoms with Crippen LogP contribution in [0.3, 0.4) is 0 Å². The van der Waals surface area contributed by atoms with E-state index in [0.29, 0.717) is 11.4 Å². The molecule has 2 amide bonds. The third-order valence-electron chi connectivity index (χ3n) is 5.65. The number of thioether (sulfide) groups is 1. The molecule has 5 aromatic rings. The Morgan fingerprint density at radius 2 is 1.54 bits per heavy atom. The summed E-state index contributed by atoms with van der Waals surface area (Å²) in [5.41, 5.74) is 3.20. The largest absolute Gasteiger partial charge is 0.484 e. The van der Waals surface area contributed by atoms with E-state index in [0.717, 1.165) is 27.0 Å². The van der Waals surface area contributed by atoms with Gasteiger partial charge >= 0.3 is 0 Å². The lowest BCUT2D eigenvalue weighted by Crippen LogP contribution is -2.20. The number of aromatic amines is 1. The van der Waals surface area contributed by atoms with Gasteiger partial charge in [-0.25, -0.2) is 0 Å². The molecule has 184 valence electrons. The Morgan fingerprint density at radius 1 is 0.784 bits per heavy atom. The summed E-state index contributed by atoms with van der Waals surface area (Å²) in [5.74, 6) is 0.241. The first kappa shape index (κ1) is 24.2. The second-order valence-electron chi connectivity index (χ2n) is 8.36. The fraction of sp³-hybridized carbons (Fsp3) is 0.0667. The van der Waals surface area contributed by atoms with E-state index in [9.17, 15) is 9.59 Å². The third kappa shape index (κ3) is 6.39. The summed E-state index contributed by atoms with van der Waals surface area (Å²) in [4.78, 5) is 29.9. The number of para-hydroxylation sites is 1. The van der Waals surface area contributed by atoms with Gasteiger partial charge in [0.25, 0.3) is 5.91 Å². The van der Waals surface area contributed by atoms with Gasteiger partial charge < -0.3 is 20.4 Å². The summed E-state index contributed by atoms with van der Waals surface area (Å²) in [7, 11) is 0. The maximum absolute atomic E-state index is 13.4. The molecule has 5 rings (SSSR count). The van der Waals surface area contributed by atoms with Crippen molar-refractivity contribution < 1.29 is 14.3 Å². The van der Waals surface area contributed by atoms with Gasteiger partial charge in [0.05, 0.1) is 0 Å². The van der Waals surface area contributed by atoms with Gasteiger partial charge in [-0.2, -0.15) is 0 Å². The van der Waals surface area contributed by atoms with E-state index in [1.807, 2.05) is 103 Å². The van der Waals surface area contributed by atoms with Crippen LogP contribution in [0, 0.1) is 0 Å². The number of carbonyl (C=O) groups is 2. The maximum atomic E-state index is 13.4. The number of carbonyl (C=O) groups excluding carboxylic acids is 2. The number of hydrogen-bond acceptors (Lipinski definition) is 4. The molecule has 1 heterocycles. The molecule has 0 radical (unpaired) electrons. The number of aromatic nitrogens is 1. The topological polar surface area (TPSA) is 83.2 Å². The van der Waals surface area contributed by atoms with Gasteiger partial charge in [-0.15, -0.1) is 11.8 Å². The van der Waals surface area contributed by atoms with Crippen molar-refractivity contribution >= 4 is 45.9 Å². The normalized spacial score (nSPS) is 11.6. The fourth-order valence-corrected chi connectivity index (χ4v) is 4.96. The first-order chi connectivity index (χ1) is 18.1. The van der Waals surface area contributed by atoms with E-state index in [2.05, 4.69) is 15.6 Å². The van der Waals surface area contributed by atoms with Crippen molar-refractivity contribution in [3.63, 3.8) is 0 Å². The van der Waals surface area contributed by atoms with E-state index < -0.39 is 5.25 Å². The summed E-state index contributed by atoms with van der Waals surface area (Å²) in [5, 5.41) is 6.51. The smallest absolute Gasteiger partial charge is 0.262 e. The zero-order chi connectivity index (χ0) is 25.5. The minimum Gasteiger partial charge on any atom is -0.484 e. The molecule has 0 bridgehead atoms. The van der Waals surface area contributed by atoms with Crippen molar-refractivity contribution in [1.82, 2.24) is 4.98 Å². The Balaban J connectivity index is 1.29. The Labute approximate surface area is 219 Å². The predicted octanol–water partition coefficient (Wildman–Crippen LogP) is 6.66. The molecule has 6 nitrogen and oxygen atoms in total. The van der Waals surface area contributed by atoms with Crippen LogP contribution in [0.4, 0.5) is 11.4 Å². The van der Waals surface area contributed by atoms with Crippen molar-refractivity contribution in [3.8, 4) is 5.75 Å². The average molecular weight is 508 g/mol. The third-order valence-corrected chi connectivity index (χ3v) is 6.90. The molecule has 1 atom stereocenters. The summed E-state index contributed by atoms with van der Waals surface area (Å²) in [6.45, 7) is -0.0956. The van der Waals surface area contributed by atoms with Crippen LogP contribution < -0.4 is 15.4 Å². The number of nitrogens with one attached hydrogen (secondary N) is 3. The lowest BCUT2D eigenvalue weighted by molar-refractivity contribution is -0.118. The second kappa shape index (κ2) is 11.5. The van der Waals surface area contributed by atoms with Crippen LogP contribution in [0.1, 0.15) is 10.8 Å². The van der Waals surface area contributed by atoms with Gasteiger partial charge in [0.1, 0.15) is 11.0 Å². The van der Waals surface area contributed by atoms with E-state index in [1.165, 1.54) is 11.8 Å². The molecule has 0 saturated heterocycles. The molecule has 0 saturated carbocycles. The highest BCUT2D eigenvalue weighted by atomic mass is 32.2. The van der Waals surface area contributed by atoms with Crippen LogP contribution in [-0.4, -0.2) is 23.4 Å². The van der Waals surface area contributed by atoms with Crippen LogP contribution in [0.5, 0.6) is 5.75 Å². The SMILES string of the molecule is O=C(COc1ccccc1)Nc1cccc(SC(C(=O)Nc2ccc3cc[nH]c3c2)c2ccccc2)c1. The standard InChI is InChI=1S/C30H25N3O3S/c34-28(20-36-25-11-5-2-6-12-25)32-23-10-7-13-26(18-23)37-29(22-8-3-1-4-9-22)30(35)33-24-15-14-21-16-17-31-27(21)19-24/h1-19,29,31H,20H2,(H,32,34)(H,33,35). The number of fused-ring (bicyclic) bond motifs is 1. The Bertz CT molecular complexity index is 1500. The molecule has 0 aliphatic carbocycles. The number of ether oxygens (including phenoxy) is 1. The second-order valence-corrected chi connectivity index (χ2v) is 9.53. The van der Waals surface area contributed by atoms with Crippen LogP contribution in [0.25, 0.3) is 10.9 Å².